The molecule has 0 heterocycles. The van der Waals surface area contributed by atoms with Crippen LogP contribution in [0.3, 0.4) is 0 Å². The van der Waals surface area contributed by atoms with Crippen LogP contribution in [-0.4, -0.2) is 4.92 Å². The summed E-state index contributed by atoms with van der Waals surface area (Å²) < 4.78 is 41.2. The fourth-order valence-electron chi connectivity index (χ4n) is 1.74. The van der Waals surface area contributed by atoms with Gasteiger partial charge in [-0.2, -0.15) is 4.39 Å². The maximum Gasteiger partial charge on any atom is 0.305 e. The second-order valence-corrected chi connectivity index (χ2v) is 5.02. The molecule has 0 saturated carbocycles. The van der Waals surface area contributed by atoms with Crippen molar-refractivity contribution in [1.82, 2.24) is 0 Å². The maximum atomic E-state index is 13.8. The average molecular weight is 361 g/mol. The van der Waals surface area contributed by atoms with E-state index in [0.29, 0.717) is 0 Å². The summed E-state index contributed by atoms with van der Waals surface area (Å²) in [6.07, 6.45) is 0. The van der Waals surface area contributed by atoms with E-state index in [4.69, 9.17) is 0 Å². The number of hydrogen-bond donors (Lipinski definition) is 1. The molecule has 0 amide bonds. The molecule has 0 saturated heterocycles. The molecule has 2 rings (SSSR count). The monoisotopic (exact) mass is 360 g/mol. The predicted molar refractivity (Wildman–Crippen MR) is 74.4 cm³/mol. The lowest BCUT2D eigenvalue weighted by Crippen LogP contribution is -2.07. The predicted octanol–water partition coefficient (Wildman–Crippen LogP) is 4.39. The van der Waals surface area contributed by atoms with E-state index in [-0.39, 0.29) is 16.6 Å². The number of benzene rings is 2. The Balaban J connectivity index is 2.25. The zero-order valence-electron chi connectivity index (χ0n) is 10.4. The Kier molecular flexibility index (Phi) is 4.46. The summed E-state index contributed by atoms with van der Waals surface area (Å²) in [4.78, 5) is 9.75. The minimum absolute atomic E-state index is 0.0640. The first kappa shape index (κ1) is 15.3. The van der Waals surface area contributed by atoms with Crippen molar-refractivity contribution < 1.29 is 18.1 Å². The van der Waals surface area contributed by atoms with Crippen LogP contribution in [0.25, 0.3) is 0 Å². The summed E-state index contributed by atoms with van der Waals surface area (Å²) in [7, 11) is 0. The van der Waals surface area contributed by atoms with Gasteiger partial charge in [-0.1, -0.05) is 28.1 Å². The van der Waals surface area contributed by atoms with Crippen molar-refractivity contribution >= 4 is 27.3 Å². The zero-order chi connectivity index (χ0) is 15.6. The summed E-state index contributed by atoms with van der Waals surface area (Å²) in [5, 5.41) is 13.0. The quantitative estimate of drug-likeness (QED) is 0.649. The zero-order valence-corrected chi connectivity index (χ0v) is 12.0. The molecule has 1 N–H and O–H groups in total. The molecule has 0 aromatic heterocycles. The highest BCUT2D eigenvalue weighted by Crippen LogP contribution is 2.25. The molecular formula is C13H8BrF3N2O2. The normalized spacial score (nSPS) is 10.5. The van der Waals surface area contributed by atoms with Crippen LogP contribution in [0.15, 0.2) is 34.8 Å². The number of rotatable bonds is 4. The molecule has 0 aliphatic carbocycles. The first-order valence-electron chi connectivity index (χ1n) is 5.70. The van der Waals surface area contributed by atoms with Gasteiger partial charge in [-0.15, -0.1) is 0 Å². The minimum atomic E-state index is -1.03. The first-order chi connectivity index (χ1) is 9.90. The van der Waals surface area contributed by atoms with E-state index in [1.54, 1.807) is 0 Å². The lowest BCUT2D eigenvalue weighted by molar-refractivity contribution is -0.387. The Morgan fingerprint density at radius 2 is 1.81 bits per heavy atom. The van der Waals surface area contributed by atoms with Gasteiger partial charge in [0, 0.05) is 22.6 Å². The molecule has 110 valence electrons. The summed E-state index contributed by atoms with van der Waals surface area (Å²) in [5.74, 6) is -2.74. The van der Waals surface area contributed by atoms with Crippen molar-refractivity contribution in [2.45, 2.75) is 6.54 Å². The fourth-order valence-corrected chi connectivity index (χ4v) is 2.14. The molecule has 0 unspecified atom stereocenters. The van der Waals surface area contributed by atoms with Crippen LogP contribution in [0.4, 0.5) is 24.5 Å². The van der Waals surface area contributed by atoms with E-state index >= 15 is 0 Å². The molecule has 0 spiro atoms. The summed E-state index contributed by atoms with van der Waals surface area (Å²) in [5.41, 5.74) is -1.18. The Hall–Kier alpha value is -2.09. The largest absolute Gasteiger partial charge is 0.376 e. The van der Waals surface area contributed by atoms with Crippen LogP contribution in [0, 0.1) is 27.6 Å². The fraction of sp³-hybridized carbons (Fsp3) is 0.0769. The van der Waals surface area contributed by atoms with Crippen molar-refractivity contribution in [3.63, 3.8) is 0 Å². The van der Waals surface area contributed by atoms with Crippen LogP contribution in [0.1, 0.15) is 5.56 Å². The topological polar surface area (TPSA) is 55.2 Å². The SMILES string of the molecule is O=[N+]([O-])c1cccc(CNc2c(F)cc(Br)cc2F)c1F. The first-order valence-corrected chi connectivity index (χ1v) is 6.49. The standard InChI is InChI=1S/C13H8BrF3N2O2/c14-8-4-9(15)13(10(16)5-8)18-6-7-2-1-3-11(12(7)17)19(20)21/h1-5,18H,6H2. The van der Waals surface area contributed by atoms with Crippen LogP contribution >= 0.6 is 15.9 Å². The third-order valence-corrected chi connectivity index (χ3v) is 3.18. The molecule has 0 aliphatic heterocycles. The number of nitro benzene ring substituents is 1. The second kappa shape index (κ2) is 6.13. The Bertz CT molecular complexity index is 687. The van der Waals surface area contributed by atoms with Gasteiger partial charge in [0.1, 0.15) is 17.3 Å². The van der Waals surface area contributed by atoms with E-state index in [0.717, 1.165) is 18.2 Å². The molecule has 2 aromatic carbocycles. The van der Waals surface area contributed by atoms with Gasteiger partial charge in [-0.25, -0.2) is 8.78 Å². The van der Waals surface area contributed by atoms with Gasteiger partial charge in [0.05, 0.1) is 4.92 Å². The van der Waals surface area contributed by atoms with Crippen molar-refractivity contribution in [3.05, 3.63) is 67.9 Å². The molecular weight excluding hydrogens is 353 g/mol. The van der Waals surface area contributed by atoms with Gasteiger partial charge in [0.15, 0.2) is 0 Å². The Morgan fingerprint density at radius 3 is 2.38 bits per heavy atom. The molecule has 0 bridgehead atoms. The number of nitrogens with one attached hydrogen (secondary N) is 1. The lowest BCUT2D eigenvalue weighted by Gasteiger charge is -2.10. The van der Waals surface area contributed by atoms with Crippen molar-refractivity contribution in [2.75, 3.05) is 5.32 Å². The number of halogens is 4. The van der Waals surface area contributed by atoms with Crippen molar-refractivity contribution in [1.29, 1.82) is 0 Å². The number of nitro groups is 1. The van der Waals surface area contributed by atoms with E-state index in [2.05, 4.69) is 21.2 Å². The minimum Gasteiger partial charge on any atom is -0.376 e. The maximum absolute atomic E-state index is 13.8. The molecule has 8 heteroatoms. The van der Waals surface area contributed by atoms with Crippen LogP contribution < -0.4 is 5.32 Å². The van der Waals surface area contributed by atoms with Crippen molar-refractivity contribution in [3.8, 4) is 0 Å². The van der Waals surface area contributed by atoms with Gasteiger partial charge in [0.25, 0.3) is 0 Å². The van der Waals surface area contributed by atoms with Crippen LogP contribution in [0.5, 0.6) is 0 Å². The molecule has 0 radical (unpaired) electrons. The smallest absolute Gasteiger partial charge is 0.305 e. The van der Waals surface area contributed by atoms with E-state index in [1.807, 2.05) is 0 Å². The molecule has 2 aromatic rings. The summed E-state index contributed by atoms with van der Waals surface area (Å²) in [6, 6.07) is 5.71. The van der Waals surface area contributed by atoms with Crippen LogP contribution in [0.2, 0.25) is 0 Å². The molecule has 21 heavy (non-hydrogen) atoms. The van der Waals surface area contributed by atoms with Crippen molar-refractivity contribution in [2.24, 2.45) is 0 Å². The van der Waals surface area contributed by atoms with Gasteiger partial charge in [0.2, 0.25) is 5.82 Å². The second-order valence-electron chi connectivity index (χ2n) is 4.11. The van der Waals surface area contributed by atoms with Gasteiger partial charge in [-0.3, -0.25) is 10.1 Å². The van der Waals surface area contributed by atoms with Crippen LogP contribution in [-0.2, 0) is 6.54 Å². The number of hydrogen-bond acceptors (Lipinski definition) is 3. The van der Waals surface area contributed by atoms with Gasteiger partial charge >= 0.3 is 5.69 Å². The molecule has 0 fully saturated rings. The summed E-state index contributed by atoms with van der Waals surface area (Å²) >= 11 is 2.94. The Labute approximate surface area is 125 Å². The molecule has 0 atom stereocenters. The lowest BCUT2D eigenvalue weighted by atomic mass is 10.1. The van der Waals surface area contributed by atoms with Gasteiger partial charge in [-0.05, 0) is 12.1 Å². The number of anilines is 1. The highest BCUT2D eigenvalue weighted by atomic mass is 79.9. The van der Waals surface area contributed by atoms with E-state index in [9.17, 15) is 23.3 Å². The highest BCUT2D eigenvalue weighted by molar-refractivity contribution is 9.10. The highest BCUT2D eigenvalue weighted by Gasteiger charge is 2.18. The summed E-state index contributed by atoms with van der Waals surface area (Å²) in [6.45, 7) is -0.289. The van der Waals surface area contributed by atoms with E-state index < -0.39 is 33.7 Å². The van der Waals surface area contributed by atoms with E-state index in [1.165, 1.54) is 12.1 Å². The average Bonchev–Trinajstić information content (AvgIpc) is 2.38. The number of nitrogens with zero attached hydrogens (tertiary/aromatic N) is 1. The van der Waals surface area contributed by atoms with Gasteiger partial charge < -0.3 is 5.32 Å². The third-order valence-electron chi connectivity index (χ3n) is 2.72. The third kappa shape index (κ3) is 3.33. The molecule has 0 aliphatic rings. The Morgan fingerprint density at radius 1 is 1.19 bits per heavy atom. The molecule has 4 nitrogen and oxygen atoms in total.